The molecule has 1 saturated heterocycles. The van der Waals surface area contributed by atoms with Gasteiger partial charge in [0.05, 0.1) is 27.4 Å². The van der Waals surface area contributed by atoms with Gasteiger partial charge < -0.3 is 15.7 Å². The Kier molecular flexibility index (Phi) is 5.88. The summed E-state index contributed by atoms with van der Waals surface area (Å²) >= 11 is 1.71. The molecule has 0 saturated carbocycles. The summed E-state index contributed by atoms with van der Waals surface area (Å²) in [5, 5.41) is 16.5. The largest absolute Gasteiger partial charge is 0.392 e. The van der Waals surface area contributed by atoms with Crippen molar-refractivity contribution in [1.29, 1.82) is 0 Å². The maximum atomic E-state index is 12.1. The summed E-state index contributed by atoms with van der Waals surface area (Å²) in [4.78, 5) is 16.8. The molecular formula is C19H20ClN3O2S. The van der Waals surface area contributed by atoms with Gasteiger partial charge in [-0.3, -0.25) is 4.79 Å². The molecule has 2 heterocycles. The standard InChI is InChI=1S/C19H19N3O2S.ClH/c23-14-10-16(20-11-14)19(24)21-13-7-5-12(6-8-13)9-18-22-15-3-1-2-4-17(15)25-18;/h1-8,14,16,20,23H,9-11H2,(H,21,24);1H. The van der Waals surface area contributed by atoms with Crippen molar-refractivity contribution in [3.05, 3.63) is 59.1 Å². The first-order chi connectivity index (χ1) is 12.2. The Bertz CT molecular complexity index is 864. The molecule has 2 unspecified atom stereocenters. The zero-order valence-electron chi connectivity index (χ0n) is 14.0. The molecule has 3 aromatic rings. The predicted molar refractivity (Wildman–Crippen MR) is 107 cm³/mol. The number of β-amino-alcohol motifs (C(OH)–C–C–N with tert-alkyl or cyclic N) is 1. The SMILES string of the molecule is Cl.O=C(Nc1ccc(Cc2nc3ccccc3s2)cc1)C1CC(O)CN1. The first-order valence-electron chi connectivity index (χ1n) is 8.33. The van der Waals surface area contributed by atoms with Crippen LogP contribution in [0.15, 0.2) is 48.5 Å². The number of carbonyl (C=O) groups excluding carboxylic acids is 1. The number of halogens is 1. The van der Waals surface area contributed by atoms with Gasteiger partial charge in [0.25, 0.3) is 0 Å². The number of aliphatic hydroxyl groups excluding tert-OH is 1. The second kappa shape index (κ2) is 8.14. The van der Waals surface area contributed by atoms with E-state index in [4.69, 9.17) is 0 Å². The highest BCUT2D eigenvalue weighted by Gasteiger charge is 2.27. The number of rotatable bonds is 4. The highest BCUT2D eigenvalue weighted by molar-refractivity contribution is 7.18. The zero-order valence-corrected chi connectivity index (χ0v) is 15.6. The molecule has 2 atom stereocenters. The van der Waals surface area contributed by atoms with E-state index in [0.717, 1.165) is 28.2 Å². The Hall–Kier alpha value is -1.99. The predicted octanol–water partition coefficient (Wildman–Crippen LogP) is 2.97. The van der Waals surface area contributed by atoms with Gasteiger partial charge in [0.1, 0.15) is 0 Å². The molecule has 0 aliphatic carbocycles. The minimum absolute atomic E-state index is 0. The average Bonchev–Trinajstić information content (AvgIpc) is 3.22. The van der Waals surface area contributed by atoms with E-state index in [0.29, 0.717) is 13.0 Å². The lowest BCUT2D eigenvalue weighted by atomic mass is 10.1. The minimum atomic E-state index is -0.438. The maximum absolute atomic E-state index is 12.1. The third kappa shape index (κ3) is 4.22. The van der Waals surface area contributed by atoms with Gasteiger partial charge >= 0.3 is 0 Å². The molecule has 0 spiro atoms. The fourth-order valence-electron chi connectivity index (χ4n) is 3.02. The number of aromatic nitrogens is 1. The van der Waals surface area contributed by atoms with Crippen LogP contribution in [-0.4, -0.2) is 34.7 Å². The molecule has 7 heteroatoms. The number of hydrogen-bond acceptors (Lipinski definition) is 5. The topological polar surface area (TPSA) is 74.2 Å². The Morgan fingerprint density at radius 2 is 2.00 bits per heavy atom. The van der Waals surface area contributed by atoms with Crippen LogP contribution in [0.4, 0.5) is 5.69 Å². The van der Waals surface area contributed by atoms with Gasteiger partial charge in [0.2, 0.25) is 5.91 Å². The van der Waals surface area contributed by atoms with Crippen LogP contribution in [0.25, 0.3) is 10.2 Å². The Morgan fingerprint density at radius 1 is 1.23 bits per heavy atom. The Morgan fingerprint density at radius 3 is 2.69 bits per heavy atom. The van der Waals surface area contributed by atoms with Crippen molar-refractivity contribution in [1.82, 2.24) is 10.3 Å². The molecule has 0 bridgehead atoms. The van der Waals surface area contributed by atoms with E-state index in [9.17, 15) is 9.90 Å². The normalized spacial score (nSPS) is 19.3. The number of aliphatic hydroxyl groups is 1. The number of fused-ring (bicyclic) bond motifs is 1. The number of hydrogen-bond donors (Lipinski definition) is 3. The molecule has 4 rings (SSSR count). The highest BCUT2D eigenvalue weighted by Crippen LogP contribution is 2.24. The van der Waals surface area contributed by atoms with Crippen molar-refractivity contribution in [3.63, 3.8) is 0 Å². The van der Waals surface area contributed by atoms with Crippen LogP contribution in [0.2, 0.25) is 0 Å². The molecule has 3 N–H and O–H groups in total. The van der Waals surface area contributed by atoms with Gasteiger partial charge in [-0.25, -0.2) is 4.98 Å². The fraction of sp³-hybridized carbons (Fsp3) is 0.263. The van der Waals surface area contributed by atoms with Crippen LogP contribution in [0.5, 0.6) is 0 Å². The van der Waals surface area contributed by atoms with Crippen molar-refractivity contribution in [2.45, 2.75) is 25.0 Å². The zero-order chi connectivity index (χ0) is 17.2. The van der Waals surface area contributed by atoms with Crippen LogP contribution in [-0.2, 0) is 11.2 Å². The number of benzene rings is 2. The van der Waals surface area contributed by atoms with E-state index in [1.807, 2.05) is 42.5 Å². The molecule has 1 amide bonds. The van der Waals surface area contributed by atoms with Crippen molar-refractivity contribution >= 4 is 45.6 Å². The van der Waals surface area contributed by atoms with Gasteiger partial charge in [0.15, 0.2) is 0 Å². The summed E-state index contributed by atoms with van der Waals surface area (Å²) in [6, 6.07) is 15.7. The van der Waals surface area contributed by atoms with Crippen molar-refractivity contribution in [2.24, 2.45) is 0 Å². The summed E-state index contributed by atoms with van der Waals surface area (Å²) in [6.07, 6.45) is 0.804. The molecule has 136 valence electrons. The molecule has 2 aromatic carbocycles. The minimum Gasteiger partial charge on any atom is -0.392 e. The second-order valence-electron chi connectivity index (χ2n) is 6.29. The number of thiazole rings is 1. The van der Waals surface area contributed by atoms with Gasteiger partial charge in [-0.05, 0) is 36.2 Å². The van der Waals surface area contributed by atoms with Gasteiger partial charge in [-0.2, -0.15) is 0 Å². The van der Waals surface area contributed by atoms with Crippen LogP contribution < -0.4 is 10.6 Å². The van der Waals surface area contributed by atoms with Gasteiger partial charge in [-0.15, -0.1) is 23.7 Å². The Labute approximate surface area is 161 Å². The van der Waals surface area contributed by atoms with Crippen molar-refractivity contribution in [2.75, 3.05) is 11.9 Å². The molecule has 1 aliphatic heterocycles. The van der Waals surface area contributed by atoms with E-state index in [1.165, 1.54) is 4.70 Å². The lowest BCUT2D eigenvalue weighted by Crippen LogP contribution is -2.35. The van der Waals surface area contributed by atoms with E-state index in [1.54, 1.807) is 11.3 Å². The first kappa shape index (κ1) is 18.8. The molecule has 5 nitrogen and oxygen atoms in total. The summed E-state index contributed by atoms with van der Waals surface area (Å²) in [6.45, 7) is 0.471. The summed E-state index contributed by atoms with van der Waals surface area (Å²) < 4.78 is 1.20. The summed E-state index contributed by atoms with van der Waals surface area (Å²) in [5.74, 6) is -0.101. The van der Waals surface area contributed by atoms with Gasteiger partial charge in [-0.1, -0.05) is 24.3 Å². The number of carbonyl (C=O) groups is 1. The number of amides is 1. The van der Waals surface area contributed by atoms with E-state index >= 15 is 0 Å². The van der Waals surface area contributed by atoms with Crippen LogP contribution in [0, 0.1) is 0 Å². The molecular weight excluding hydrogens is 370 g/mol. The van der Waals surface area contributed by atoms with E-state index < -0.39 is 6.10 Å². The maximum Gasteiger partial charge on any atom is 0.241 e. The smallest absolute Gasteiger partial charge is 0.241 e. The monoisotopic (exact) mass is 389 g/mol. The van der Waals surface area contributed by atoms with Crippen molar-refractivity contribution in [3.8, 4) is 0 Å². The van der Waals surface area contributed by atoms with Crippen molar-refractivity contribution < 1.29 is 9.90 Å². The van der Waals surface area contributed by atoms with E-state index in [-0.39, 0.29) is 24.4 Å². The third-order valence-electron chi connectivity index (χ3n) is 4.34. The number of anilines is 1. The molecule has 1 fully saturated rings. The summed E-state index contributed by atoms with van der Waals surface area (Å²) in [5.41, 5.74) is 2.96. The molecule has 1 aromatic heterocycles. The lowest BCUT2D eigenvalue weighted by Gasteiger charge is -2.11. The van der Waals surface area contributed by atoms with Gasteiger partial charge in [0, 0.05) is 18.7 Å². The molecule has 26 heavy (non-hydrogen) atoms. The third-order valence-corrected chi connectivity index (χ3v) is 5.38. The second-order valence-corrected chi connectivity index (χ2v) is 7.40. The molecule has 0 radical (unpaired) electrons. The number of nitrogens with zero attached hydrogens (tertiary/aromatic N) is 1. The quantitative estimate of drug-likeness (QED) is 0.641. The average molecular weight is 390 g/mol. The fourth-order valence-corrected chi connectivity index (χ4v) is 4.02. The lowest BCUT2D eigenvalue weighted by molar-refractivity contribution is -0.117. The molecule has 1 aliphatic rings. The summed E-state index contributed by atoms with van der Waals surface area (Å²) in [7, 11) is 0. The van der Waals surface area contributed by atoms with Crippen LogP contribution >= 0.6 is 23.7 Å². The van der Waals surface area contributed by atoms with Crippen LogP contribution in [0.1, 0.15) is 17.0 Å². The number of nitrogens with one attached hydrogen (secondary N) is 2. The first-order valence-corrected chi connectivity index (χ1v) is 9.15. The number of para-hydroxylation sites is 1. The Balaban J connectivity index is 0.00000196. The highest BCUT2D eigenvalue weighted by atomic mass is 35.5. The van der Waals surface area contributed by atoms with E-state index in [2.05, 4.69) is 21.7 Å². The van der Waals surface area contributed by atoms with Crippen LogP contribution in [0.3, 0.4) is 0 Å².